The van der Waals surface area contributed by atoms with Crippen LogP contribution in [-0.2, 0) is 0 Å². The van der Waals surface area contributed by atoms with E-state index in [1.807, 2.05) is 53.4 Å². The maximum absolute atomic E-state index is 12.1. The predicted molar refractivity (Wildman–Crippen MR) is 119 cm³/mol. The van der Waals surface area contributed by atoms with E-state index < -0.39 is 0 Å². The minimum absolute atomic E-state index is 0.00819. The molecule has 0 fully saturated rings. The Bertz CT molecular complexity index is 1150. The van der Waals surface area contributed by atoms with E-state index >= 15 is 0 Å². The number of aromatic nitrogens is 3. The Balaban J connectivity index is 1.70. The first kappa shape index (κ1) is 19.0. The van der Waals surface area contributed by atoms with Crippen molar-refractivity contribution >= 4 is 29.1 Å². The minimum Gasteiger partial charge on any atom is -0.345 e. The van der Waals surface area contributed by atoms with Gasteiger partial charge in [-0.1, -0.05) is 36.2 Å². The summed E-state index contributed by atoms with van der Waals surface area (Å²) in [6, 6.07) is 17.9. The van der Waals surface area contributed by atoms with Crippen molar-refractivity contribution in [3.8, 4) is 22.4 Å². The number of rotatable bonds is 5. The van der Waals surface area contributed by atoms with Crippen LogP contribution in [0.3, 0.4) is 0 Å². The van der Waals surface area contributed by atoms with Crippen molar-refractivity contribution < 1.29 is 4.79 Å². The van der Waals surface area contributed by atoms with Gasteiger partial charge in [-0.05, 0) is 35.9 Å². The molecule has 4 aromatic rings. The highest BCUT2D eigenvalue weighted by molar-refractivity contribution is 7.99. The monoisotopic (exact) mass is 403 g/mol. The van der Waals surface area contributed by atoms with E-state index in [0.29, 0.717) is 5.56 Å². The highest BCUT2D eigenvalue weighted by Gasteiger charge is 2.12. The van der Waals surface area contributed by atoms with Gasteiger partial charge >= 0.3 is 0 Å². The fraction of sp³-hybridized carbons (Fsp3) is 0.136. The molecule has 0 spiro atoms. The lowest BCUT2D eigenvalue weighted by molar-refractivity contribution is 0.0827. The number of amides is 1. The summed E-state index contributed by atoms with van der Waals surface area (Å²) in [4.78, 5) is 18.2. The molecular weight excluding hydrogens is 382 g/mol. The van der Waals surface area contributed by atoms with Gasteiger partial charge in [0.1, 0.15) is 6.33 Å². The molecule has 146 valence electrons. The largest absolute Gasteiger partial charge is 0.345 e. The zero-order valence-corrected chi connectivity index (χ0v) is 17.3. The number of benzene rings is 2. The van der Waals surface area contributed by atoms with E-state index in [1.54, 1.807) is 37.3 Å². The van der Waals surface area contributed by atoms with Gasteiger partial charge in [-0.15, -0.1) is 0 Å². The maximum atomic E-state index is 12.1. The molecule has 6 nitrogen and oxygen atoms in total. The van der Waals surface area contributed by atoms with Crippen LogP contribution in [0.15, 0.2) is 67.1 Å². The smallest absolute Gasteiger partial charge is 0.253 e. The molecule has 0 atom stereocenters. The molecule has 0 aliphatic carbocycles. The number of hydrogen-bond donors (Lipinski definition) is 1. The van der Waals surface area contributed by atoms with Crippen LogP contribution in [0.2, 0.25) is 0 Å². The van der Waals surface area contributed by atoms with Crippen LogP contribution < -0.4 is 4.72 Å². The number of carbonyl (C=O) groups is 1. The van der Waals surface area contributed by atoms with E-state index in [2.05, 4.69) is 33.0 Å². The summed E-state index contributed by atoms with van der Waals surface area (Å²) in [7, 11) is 3.50. The van der Waals surface area contributed by atoms with E-state index in [4.69, 9.17) is 0 Å². The van der Waals surface area contributed by atoms with Gasteiger partial charge in [0.05, 0.1) is 11.2 Å². The lowest BCUT2D eigenvalue weighted by Crippen LogP contribution is -2.21. The molecule has 2 aromatic heterocycles. The lowest BCUT2D eigenvalue weighted by Gasteiger charge is -2.10. The Morgan fingerprint density at radius 3 is 2.34 bits per heavy atom. The van der Waals surface area contributed by atoms with E-state index in [-0.39, 0.29) is 5.91 Å². The second-order valence-corrected chi connectivity index (χ2v) is 7.44. The average Bonchev–Trinajstić information content (AvgIpc) is 3.18. The summed E-state index contributed by atoms with van der Waals surface area (Å²) in [5.41, 5.74) is 6.60. The standard InChI is InChI=1S/C22H21N5OS/c1-26(2)22(28)17-6-4-15(5-7-17)18-12-20-21(23-14-24-27(20)13-18)16-8-10-19(11-9-16)25-29-3/h4-14,25H,1-3H3. The SMILES string of the molecule is CSNc1ccc(-c2ncnn3cc(-c4ccc(C(=O)N(C)C)cc4)cc23)cc1. The van der Waals surface area contributed by atoms with Crippen LogP contribution in [0.1, 0.15) is 10.4 Å². The van der Waals surface area contributed by atoms with Gasteiger partial charge in [-0.25, -0.2) is 9.50 Å². The summed E-state index contributed by atoms with van der Waals surface area (Å²) in [5, 5.41) is 4.36. The zero-order valence-electron chi connectivity index (χ0n) is 16.5. The fourth-order valence-electron chi connectivity index (χ4n) is 3.19. The Morgan fingerprint density at radius 2 is 1.69 bits per heavy atom. The van der Waals surface area contributed by atoms with Gasteiger partial charge < -0.3 is 9.62 Å². The molecule has 0 saturated carbocycles. The number of hydrogen-bond acceptors (Lipinski definition) is 5. The highest BCUT2D eigenvalue weighted by Crippen LogP contribution is 2.29. The number of nitrogens with one attached hydrogen (secondary N) is 1. The molecule has 0 bridgehead atoms. The van der Waals surface area contributed by atoms with Crippen molar-refractivity contribution in [2.45, 2.75) is 0 Å². The molecular formula is C22H21N5OS. The maximum Gasteiger partial charge on any atom is 0.253 e. The summed E-state index contributed by atoms with van der Waals surface area (Å²) >= 11 is 1.56. The van der Waals surface area contributed by atoms with Gasteiger partial charge in [0.2, 0.25) is 0 Å². The molecule has 1 N–H and O–H groups in total. The third-order valence-corrected chi connectivity index (χ3v) is 5.10. The van der Waals surface area contributed by atoms with Crippen LogP contribution >= 0.6 is 11.9 Å². The van der Waals surface area contributed by atoms with Gasteiger partial charge in [0.25, 0.3) is 5.91 Å². The first-order valence-corrected chi connectivity index (χ1v) is 10.3. The van der Waals surface area contributed by atoms with Crippen LogP contribution in [0.5, 0.6) is 0 Å². The minimum atomic E-state index is -0.00819. The highest BCUT2D eigenvalue weighted by atomic mass is 32.2. The van der Waals surface area contributed by atoms with Gasteiger partial charge in [0, 0.05) is 48.9 Å². The first-order chi connectivity index (χ1) is 14.1. The Kier molecular flexibility index (Phi) is 5.22. The molecule has 0 aliphatic rings. The fourth-order valence-corrected chi connectivity index (χ4v) is 3.56. The summed E-state index contributed by atoms with van der Waals surface area (Å²) in [6.07, 6.45) is 5.54. The lowest BCUT2D eigenvalue weighted by atomic mass is 10.1. The molecule has 0 unspecified atom stereocenters. The van der Waals surface area contributed by atoms with Crippen LogP contribution in [0, 0.1) is 0 Å². The van der Waals surface area contributed by atoms with E-state index in [1.165, 1.54) is 0 Å². The van der Waals surface area contributed by atoms with Crippen LogP contribution in [-0.4, -0.2) is 45.8 Å². The molecule has 0 aliphatic heterocycles. The third kappa shape index (κ3) is 3.82. The number of carbonyl (C=O) groups excluding carboxylic acids is 1. The van der Waals surface area contributed by atoms with Crippen molar-refractivity contribution in [1.82, 2.24) is 19.5 Å². The molecule has 0 saturated heterocycles. The molecule has 4 rings (SSSR count). The summed E-state index contributed by atoms with van der Waals surface area (Å²) in [6.45, 7) is 0. The topological polar surface area (TPSA) is 62.5 Å². The molecule has 1 amide bonds. The van der Waals surface area contributed by atoms with Crippen molar-refractivity contribution in [3.63, 3.8) is 0 Å². The van der Waals surface area contributed by atoms with E-state index in [0.717, 1.165) is 33.6 Å². The predicted octanol–water partition coefficient (Wildman–Crippen LogP) is 4.46. The number of fused-ring (bicyclic) bond motifs is 1. The Morgan fingerprint density at radius 1 is 1.00 bits per heavy atom. The summed E-state index contributed by atoms with van der Waals surface area (Å²) < 4.78 is 5.06. The number of anilines is 1. The van der Waals surface area contributed by atoms with Crippen molar-refractivity contribution in [2.24, 2.45) is 0 Å². The molecule has 7 heteroatoms. The molecule has 2 aromatic carbocycles. The molecule has 2 heterocycles. The van der Waals surface area contributed by atoms with Crippen molar-refractivity contribution in [3.05, 3.63) is 72.7 Å². The molecule has 29 heavy (non-hydrogen) atoms. The third-order valence-electron chi connectivity index (χ3n) is 4.66. The van der Waals surface area contributed by atoms with Crippen LogP contribution in [0.4, 0.5) is 5.69 Å². The van der Waals surface area contributed by atoms with Crippen molar-refractivity contribution in [1.29, 1.82) is 0 Å². The number of nitrogens with zero attached hydrogens (tertiary/aromatic N) is 4. The Hall–Kier alpha value is -3.32. The molecule has 0 radical (unpaired) electrons. The average molecular weight is 404 g/mol. The van der Waals surface area contributed by atoms with Gasteiger partial charge in [0.15, 0.2) is 0 Å². The quantitative estimate of drug-likeness (QED) is 0.499. The summed E-state index contributed by atoms with van der Waals surface area (Å²) in [5.74, 6) is -0.00819. The Labute approximate surface area is 173 Å². The first-order valence-electron chi connectivity index (χ1n) is 9.12. The van der Waals surface area contributed by atoms with Gasteiger partial charge in [-0.3, -0.25) is 4.79 Å². The van der Waals surface area contributed by atoms with E-state index in [9.17, 15) is 4.79 Å². The second-order valence-electron chi connectivity index (χ2n) is 6.83. The van der Waals surface area contributed by atoms with Crippen LogP contribution in [0.25, 0.3) is 27.9 Å². The second kappa shape index (κ2) is 7.97. The van der Waals surface area contributed by atoms with Gasteiger partial charge in [-0.2, -0.15) is 5.10 Å². The normalized spacial score (nSPS) is 10.9. The zero-order chi connectivity index (χ0) is 20.4. The van der Waals surface area contributed by atoms with Crippen molar-refractivity contribution in [2.75, 3.05) is 25.1 Å².